The van der Waals surface area contributed by atoms with E-state index in [0.717, 1.165) is 19.5 Å². The number of nitro benzene ring substituents is 1. The van der Waals surface area contributed by atoms with Gasteiger partial charge in [-0.15, -0.1) is 0 Å². The van der Waals surface area contributed by atoms with E-state index in [4.69, 9.17) is 0 Å². The Morgan fingerprint density at radius 2 is 1.74 bits per heavy atom. The molecule has 4 rings (SSSR count). The Hall–Kier alpha value is -2.73. The minimum absolute atomic E-state index is 0.0223. The van der Waals surface area contributed by atoms with Gasteiger partial charge in [0.05, 0.1) is 4.92 Å². The van der Waals surface area contributed by atoms with E-state index in [1.54, 1.807) is 18.2 Å². The number of benzene rings is 2. The summed E-state index contributed by atoms with van der Waals surface area (Å²) >= 11 is 0. The number of amides is 1. The third kappa shape index (κ3) is 3.85. The molecule has 0 aromatic heterocycles. The number of para-hydroxylation sites is 1. The summed E-state index contributed by atoms with van der Waals surface area (Å²) in [7, 11) is 0. The number of hydrogen-bond donors (Lipinski definition) is 0. The van der Waals surface area contributed by atoms with Gasteiger partial charge in [0.15, 0.2) is 0 Å². The lowest BCUT2D eigenvalue weighted by Crippen LogP contribution is -2.56. The second-order valence-electron chi connectivity index (χ2n) is 7.34. The van der Waals surface area contributed by atoms with Crippen LogP contribution in [0.15, 0.2) is 54.6 Å². The molecule has 1 heterocycles. The third-order valence-corrected chi connectivity index (χ3v) is 5.48. The van der Waals surface area contributed by atoms with E-state index in [0.29, 0.717) is 12.6 Å². The minimum Gasteiger partial charge on any atom is -0.333 e. The molecule has 0 N–H and O–H groups in total. The highest BCUT2D eigenvalue weighted by molar-refractivity contribution is 5.98. The maximum atomic E-state index is 13.2. The molecule has 6 heteroatoms. The van der Waals surface area contributed by atoms with Crippen LogP contribution in [-0.4, -0.2) is 52.3 Å². The van der Waals surface area contributed by atoms with Crippen molar-refractivity contribution in [2.45, 2.75) is 31.3 Å². The highest BCUT2D eigenvalue weighted by atomic mass is 16.6. The highest BCUT2D eigenvalue weighted by Crippen LogP contribution is 2.31. The maximum absolute atomic E-state index is 13.2. The Bertz CT molecular complexity index is 836. The van der Waals surface area contributed by atoms with Gasteiger partial charge in [-0.2, -0.15) is 0 Å². The molecule has 6 nitrogen and oxygen atoms in total. The van der Waals surface area contributed by atoms with Gasteiger partial charge in [-0.3, -0.25) is 19.8 Å². The van der Waals surface area contributed by atoms with Crippen molar-refractivity contribution in [2.24, 2.45) is 0 Å². The summed E-state index contributed by atoms with van der Waals surface area (Å²) in [6.45, 7) is 2.27. The monoisotopic (exact) mass is 365 g/mol. The van der Waals surface area contributed by atoms with E-state index in [1.165, 1.54) is 24.5 Å². The van der Waals surface area contributed by atoms with E-state index >= 15 is 0 Å². The Balaban J connectivity index is 1.60. The number of hydrogen-bond acceptors (Lipinski definition) is 4. The van der Waals surface area contributed by atoms with Crippen molar-refractivity contribution >= 4 is 11.6 Å². The van der Waals surface area contributed by atoms with Crippen molar-refractivity contribution in [2.75, 3.05) is 19.6 Å². The Kier molecular flexibility index (Phi) is 4.90. The fourth-order valence-corrected chi connectivity index (χ4v) is 3.95. The molecule has 0 bridgehead atoms. The van der Waals surface area contributed by atoms with Crippen molar-refractivity contribution in [1.29, 1.82) is 0 Å². The molecular formula is C21H23N3O3. The normalized spacial score (nSPS) is 20.4. The zero-order valence-corrected chi connectivity index (χ0v) is 15.2. The molecule has 1 unspecified atom stereocenters. The summed E-state index contributed by atoms with van der Waals surface area (Å²) in [5, 5.41) is 11.4. The summed E-state index contributed by atoms with van der Waals surface area (Å²) in [6.07, 6.45) is 3.22. The van der Waals surface area contributed by atoms with Gasteiger partial charge in [-0.25, -0.2) is 0 Å². The number of carbonyl (C=O) groups is 1. The van der Waals surface area contributed by atoms with E-state index < -0.39 is 4.92 Å². The molecule has 1 saturated carbocycles. The molecule has 1 atom stereocenters. The smallest absolute Gasteiger partial charge is 0.282 e. The Morgan fingerprint density at radius 3 is 2.44 bits per heavy atom. The molecule has 1 amide bonds. The lowest BCUT2D eigenvalue weighted by molar-refractivity contribution is -0.385. The van der Waals surface area contributed by atoms with Crippen LogP contribution in [0.25, 0.3) is 0 Å². The van der Waals surface area contributed by atoms with Crippen LogP contribution < -0.4 is 0 Å². The maximum Gasteiger partial charge on any atom is 0.282 e. The van der Waals surface area contributed by atoms with Crippen molar-refractivity contribution in [3.8, 4) is 0 Å². The van der Waals surface area contributed by atoms with E-state index in [-0.39, 0.29) is 23.2 Å². The first kappa shape index (κ1) is 17.7. The van der Waals surface area contributed by atoms with Crippen LogP contribution in [-0.2, 0) is 6.42 Å². The van der Waals surface area contributed by atoms with Crippen molar-refractivity contribution in [1.82, 2.24) is 9.80 Å². The second-order valence-corrected chi connectivity index (χ2v) is 7.34. The lowest BCUT2D eigenvalue weighted by Gasteiger charge is -2.42. The number of nitrogens with zero attached hydrogens (tertiary/aromatic N) is 3. The summed E-state index contributed by atoms with van der Waals surface area (Å²) in [4.78, 5) is 28.4. The second kappa shape index (κ2) is 7.48. The first-order valence-electron chi connectivity index (χ1n) is 9.46. The predicted molar refractivity (Wildman–Crippen MR) is 103 cm³/mol. The zero-order chi connectivity index (χ0) is 18.8. The molecule has 1 aliphatic heterocycles. The molecule has 0 radical (unpaired) electrons. The Labute approximate surface area is 158 Å². The zero-order valence-electron chi connectivity index (χ0n) is 15.2. The molecule has 0 spiro atoms. The number of nitro groups is 1. The summed E-state index contributed by atoms with van der Waals surface area (Å²) in [5.74, 6) is -0.237. The average molecular weight is 365 g/mol. The van der Waals surface area contributed by atoms with Crippen molar-refractivity contribution < 1.29 is 9.72 Å². The van der Waals surface area contributed by atoms with Gasteiger partial charge in [-0.05, 0) is 30.9 Å². The summed E-state index contributed by atoms with van der Waals surface area (Å²) in [6, 6.07) is 17.1. The van der Waals surface area contributed by atoms with Crippen molar-refractivity contribution in [3.05, 3.63) is 75.8 Å². The quantitative estimate of drug-likeness (QED) is 0.603. The first-order chi connectivity index (χ1) is 13.1. The van der Waals surface area contributed by atoms with Gasteiger partial charge >= 0.3 is 0 Å². The van der Waals surface area contributed by atoms with Gasteiger partial charge in [0.2, 0.25) is 0 Å². The largest absolute Gasteiger partial charge is 0.333 e. The van der Waals surface area contributed by atoms with Gasteiger partial charge in [0.25, 0.3) is 11.6 Å². The predicted octanol–water partition coefficient (Wildman–Crippen LogP) is 3.13. The van der Waals surface area contributed by atoms with Crippen LogP contribution >= 0.6 is 0 Å². The molecule has 2 aromatic carbocycles. The van der Waals surface area contributed by atoms with Gasteiger partial charge < -0.3 is 4.90 Å². The SMILES string of the molecule is O=C(c1ccccc1[N+](=O)[O-])N1CCN(C2CC2)CC1Cc1ccccc1. The third-order valence-electron chi connectivity index (χ3n) is 5.48. The van der Waals surface area contributed by atoms with Gasteiger partial charge in [-0.1, -0.05) is 42.5 Å². The average Bonchev–Trinajstić information content (AvgIpc) is 3.53. The highest BCUT2D eigenvalue weighted by Gasteiger charge is 2.38. The standard InChI is InChI=1S/C21H23N3O3/c25-21(19-8-4-5-9-20(19)24(26)27)23-13-12-22(17-10-11-17)15-18(23)14-16-6-2-1-3-7-16/h1-9,17-18H,10-15H2. The molecule has 2 fully saturated rings. The minimum atomic E-state index is -0.472. The van der Waals surface area contributed by atoms with Crippen LogP contribution in [0.3, 0.4) is 0 Å². The fraction of sp³-hybridized carbons (Fsp3) is 0.381. The van der Waals surface area contributed by atoms with E-state index in [9.17, 15) is 14.9 Å². The van der Waals surface area contributed by atoms with Gasteiger partial charge in [0.1, 0.15) is 5.56 Å². The summed E-state index contributed by atoms with van der Waals surface area (Å²) in [5.41, 5.74) is 1.24. The van der Waals surface area contributed by atoms with Crippen LogP contribution in [0.1, 0.15) is 28.8 Å². The fourth-order valence-electron chi connectivity index (χ4n) is 3.95. The topological polar surface area (TPSA) is 66.7 Å². The molecule has 1 saturated heterocycles. The Morgan fingerprint density at radius 1 is 1.04 bits per heavy atom. The lowest BCUT2D eigenvalue weighted by atomic mass is 10.0. The molecule has 2 aliphatic rings. The number of carbonyl (C=O) groups excluding carboxylic acids is 1. The molecule has 1 aliphatic carbocycles. The number of piperazine rings is 1. The molecule has 2 aromatic rings. The van der Waals surface area contributed by atoms with Crippen LogP contribution in [0.5, 0.6) is 0 Å². The van der Waals surface area contributed by atoms with E-state index in [2.05, 4.69) is 17.0 Å². The summed E-state index contributed by atoms with van der Waals surface area (Å²) < 4.78 is 0. The van der Waals surface area contributed by atoms with Gasteiger partial charge in [0, 0.05) is 37.8 Å². The van der Waals surface area contributed by atoms with Crippen molar-refractivity contribution in [3.63, 3.8) is 0 Å². The molecule has 27 heavy (non-hydrogen) atoms. The first-order valence-corrected chi connectivity index (χ1v) is 9.46. The number of rotatable bonds is 5. The van der Waals surface area contributed by atoms with Crippen LogP contribution in [0.4, 0.5) is 5.69 Å². The molecular weight excluding hydrogens is 342 g/mol. The van der Waals surface area contributed by atoms with E-state index in [1.807, 2.05) is 23.1 Å². The molecule has 140 valence electrons. The van der Waals surface area contributed by atoms with Crippen LogP contribution in [0.2, 0.25) is 0 Å². The van der Waals surface area contributed by atoms with Crippen LogP contribution in [0, 0.1) is 10.1 Å².